The summed E-state index contributed by atoms with van der Waals surface area (Å²) in [6, 6.07) is 8.74. The average molecular weight is 359 g/mol. The number of hydrogen-bond acceptors (Lipinski definition) is 2. The first kappa shape index (κ1) is 15.6. The molecule has 1 aliphatic heterocycles. The second-order valence-corrected chi connectivity index (χ2v) is 6.32. The molecular weight excluding hydrogens is 348 g/mol. The van der Waals surface area contributed by atoms with Crippen LogP contribution in [0.25, 0.3) is 0 Å². The van der Waals surface area contributed by atoms with Crippen LogP contribution in [0.15, 0.2) is 35.5 Å². The predicted octanol–water partition coefficient (Wildman–Crippen LogP) is 5.96. The normalized spacial score (nSPS) is 17.3. The number of hydrogen-bond donors (Lipinski definition) is 0. The summed E-state index contributed by atoms with van der Waals surface area (Å²) in [6.07, 6.45) is 0.197. The minimum Gasteiger partial charge on any atom is -0.387 e. The number of benzene rings is 2. The van der Waals surface area contributed by atoms with Crippen molar-refractivity contribution in [2.75, 3.05) is 0 Å². The van der Waals surface area contributed by atoms with E-state index in [1.54, 1.807) is 0 Å². The van der Waals surface area contributed by atoms with E-state index in [0.29, 0.717) is 17.0 Å². The number of halogens is 4. The van der Waals surface area contributed by atoms with Gasteiger partial charge in [0.2, 0.25) is 0 Å². The van der Waals surface area contributed by atoms with Crippen LogP contribution in [0.3, 0.4) is 0 Å². The highest BCUT2D eigenvalue weighted by molar-refractivity contribution is 6.35. The Kier molecular flexibility index (Phi) is 4.31. The molecule has 3 rings (SSSR count). The SMILES string of the molecule is Cc1ccc(C2=NOC(c3cc(Cl)c(F)c(Cl)c3)C2)cc1Cl. The van der Waals surface area contributed by atoms with Gasteiger partial charge in [0.1, 0.15) is 0 Å². The predicted molar refractivity (Wildman–Crippen MR) is 87.6 cm³/mol. The topological polar surface area (TPSA) is 21.6 Å². The first-order chi connectivity index (χ1) is 10.5. The Balaban J connectivity index is 1.83. The number of oxime groups is 1. The molecule has 0 spiro atoms. The Labute approximate surface area is 142 Å². The summed E-state index contributed by atoms with van der Waals surface area (Å²) in [7, 11) is 0. The van der Waals surface area contributed by atoms with E-state index < -0.39 is 5.82 Å². The van der Waals surface area contributed by atoms with Gasteiger partial charge in [-0.3, -0.25) is 0 Å². The number of rotatable bonds is 2. The lowest BCUT2D eigenvalue weighted by Gasteiger charge is -2.10. The maximum Gasteiger partial charge on any atom is 0.160 e. The molecule has 6 heteroatoms. The Hall–Kier alpha value is -1.29. The molecule has 1 aliphatic rings. The molecule has 0 fully saturated rings. The van der Waals surface area contributed by atoms with Gasteiger partial charge in [0.15, 0.2) is 11.9 Å². The Morgan fingerprint density at radius 3 is 2.41 bits per heavy atom. The van der Waals surface area contributed by atoms with Crippen LogP contribution >= 0.6 is 34.8 Å². The summed E-state index contributed by atoms with van der Waals surface area (Å²) in [5.74, 6) is -0.628. The van der Waals surface area contributed by atoms with E-state index in [9.17, 15) is 4.39 Å². The fraction of sp³-hybridized carbons (Fsp3) is 0.188. The molecule has 0 aromatic heterocycles. The molecule has 2 nitrogen and oxygen atoms in total. The molecule has 2 aromatic rings. The maximum atomic E-state index is 13.5. The zero-order valence-electron chi connectivity index (χ0n) is 11.5. The van der Waals surface area contributed by atoms with Crippen LogP contribution in [0, 0.1) is 12.7 Å². The van der Waals surface area contributed by atoms with Crippen LogP contribution in [0.4, 0.5) is 4.39 Å². The molecule has 0 saturated heterocycles. The van der Waals surface area contributed by atoms with E-state index in [2.05, 4.69) is 5.16 Å². The van der Waals surface area contributed by atoms with E-state index >= 15 is 0 Å². The van der Waals surface area contributed by atoms with E-state index in [4.69, 9.17) is 39.6 Å². The molecule has 1 atom stereocenters. The highest BCUT2D eigenvalue weighted by Gasteiger charge is 2.25. The summed E-state index contributed by atoms with van der Waals surface area (Å²) in [4.78, 5) is 5.43. The zero-order chi connectivity index (χ0) is 15.9. The largest absolute Gasteiger partial charge is 0.387 e. The maximum absolute atomic E-state index is 13.5. The number of aryl methyl sites for hydroxylation is 1. The summed E-state index contributed by atoms with van der Waals surface area (Å²) < 4.78 is 13.5. The van der Waals surface area contributed by atoms with Crippen molar-refractivity contribution >= 4 is 40.5 Å². The van der Waals surface area contributed by atoms with E-state index in [1.165, 1.54) is 12.1 Å². The van der Waals surface area contributed by atoms with Gasteiger partial charge in [-0.1, -0.05) is 52.1 Å². The van der Waals surface area contributed by atoms with E-state index in [1.807, 2.05) is 25.1 Å². The second-order valence-electron chi connectivity index (χ2n) is 5.10. The average Bonchev–Trinajstić information content (AvgIpc) is 2.97. The van der Waals surface area contributed by atoms with Gasteiger partial charge in [0, 0.05) is 17.0 Å². The minimum absolute atomic E-state index is 0.0297. The van der Waals surface area contributed by atoms with Crippen LogP contribution in [0.2, 0.25) is 15.1 Å². The molecule has 22 heavy (non-hydrogen) atoms. The summed E-state index contributed by atoms with van der Waals surface area (Å²) in [5.41, 5.74) is 3.37. The lowest BCUT2D eigenvalue weighted by Crippen LogP contribution is -2.02. The smallest absolute Gasteiger partial charge is 0.160 e. The lowest BCUT2D eigenvalue weighted by atomic mass is 9.99. The van der Waals surface area contributed by atoms with Gasteiger partial charge in [-0.15, -0.1) is 0 Å². The van der Waals surface area contributed by atoms with Gasteiger partial charge in [-0.25, -0.2) is 4.39 Å². The third-order valence-corrected chi connectivity index (χ3v) is 4.51. The standard InChI is InChI=1S/C16H11Cl3FNO/c1-8-2-3-9(4-11(8)17)14-7-15(22-21-14)10-5-12(18)16(20)13(19)6-10/h2-6,15H,7H2,1H3. The molecule has 0 saturated carbocycles. The van der Waals surface area contributed by atoms with E-state index in [-0.39, 0.29) is 16.1 Å². The van der Waals surface area contributed by atoms with Gasteiger partial charge >= 0.3 is 0 Å². The number of nitrogens with zero attached hydrogens (tertiary/aromatic N) is 1. The molecule has 0 bridgehead atoms. The van der Waals surface area contributed by atoms with Crippen molar-refractivity contribution in [1.29, 1.82) is 0 Å². The molecule has 1 heterocycles. The third-order valence-electron chi connectivity index (χ3n) is 3.55. The molecule has 0 N–H and O–H groups in total. The monoisotopic (exact) mass is 357 g/mol. The molecule has 1 unspecified atom stereocenters. The second kappa shape index (κ2) is 6.07. The molecule has 0 aliphatic carbocycles. The van der Waals surface area contributed by atoms with Crippen molar-refractivity contribution in [2.24, 2.45) is 5.16 Å². The van der Waals surface area contributed by atoms with Gasteiger partial charge in [-0.05, 0) is 36.2 Å². The van der Waals surface area contributed by atoms with Gasteiger partial charge in [0.05, 0.1) is 15.8 Å². The third kappa shape index (κ3) is 2.94. The van der Waals surface area contributed by atoms with Crippen LogP contribution in [-0.4, -0.2) is 5.71 Å². The first-order valence-electron chi connectivity index (χ1n) is 6.59. The Morgan fingerprint density at radius 1 is 1.09 bits per heavy atom. The van der Waals surface area contributed by atoms with Crippen LogP contribution in [0.5, 0.6) is 0 Å². The van der Waals surface area contributed by atoms with Crippen molar-refractivity contribution in [1.82, 2.24) is 0 Å². The fourth-order valence-corrected chi connectivity index (χ4v) is 2.94. The zero-order valence-corrected chi connectivity index (χ0v) is 13.8. The quantitative estimate of drug-likeness (QED) is 0.607. The van der Waals surface area contributed by atoms with Gasteiger partial charge in [-0.2, -0.15) is 0 Å². The van der Waals surface area contributed by atoms with Crippen LogP contribution < -0.4 is 0 Å². The molecule has 114 valence electrons. The van der Waals surface area contributed by atoms with E-state index in [0.717, 1.165) is 16.8 Å². The van der Waals surface area contributed by atoms with Crippen molar-refractivity contribution in [3.63, 3.8) is 0 Å². The van der Waals surface area contributed by atoms with Gasteiger partial charge < -0.3 is 4.84 Å². The lowest BCUT2D eigenvalue weighted by molar-refractivity contribution is 0.0857. The molecule has 0 radical (unpaired) electrons. The van der Waals surface area contributed by atoms with Crippen molar-refractivity contribution < 1.29 is 9.23 Å². The molecule has 2 aromatic carbocycles. The first-order valence-corrected chi connectivity index (χ1v) is 7.72. The van der Waals surface area contributed by atoms with Gasteiger partial charge in [0.25, 0.3) is 0 Å². The van der Waals surface area contributed by atoms with Crippen molar-refractivity contribution in [3.05, 3.63) is 67.9 Å². The Morgan fingerprint density at radius 2 is 1.77 bits per heavy atom. The highest BCUT2D eigenvalue weighted by Crippen LogP contribution is 2.34. The fourth-order valence-electron chi connectivity index (χ4n) is 2.26. The summed E-state index contributed by atoms with van der Waals surface area (Å²) in [5, 5.41) is 4.71. The Bertz CT molecular complexity index is 753. The minimum atomic E-state index is -0.628. The van der Waals surface area contributed by atoms with Crippen LogP contribution in [-0.2, 0) is 4.84 Å². The van der Waals surface area contributed by atoms with Crippen LogP contribution in [0.1, 0.15) is 29.2 Å². The van der Waals surface area contributed by atoms with Crippen molar-refractivity contribution in [2.45, 2.75) is 19.4 Å². The highest BCUT2D eigenvalue weighted by atomic mass is 35.5. The summed E-state index contributed by atoms with van der Waals surface area (Å²) in [6.45, 7) is 1.93. The summed E-state index contributed by atoms with van der Waals surface area (Å²) >= 11 is 17.8. The molecular formula is C16H11Cl3FNO. The van der Waals surface area contributed by atoms with Crippen molar-refractivity contribution in [3.8, 4) is 0 Å². The molecule has 0 amide bonds.